The topological polar surface area (TPSA) is 67.2 Å². The van der Waals surface area contributed by atoms with Crippen LogP contribution in [0.3, 0.4) is 0 Å². The van der Waals surface area contributed by atoms with Crippen molar-refractivity contribution in [2.75, 3.05) is 11.4 Å². The summed E-state index contributed by atoms with van der Waals surface area (Å²) < 4.78 is 1.81. The third kappa shape index (κ3) is 4.70. The van der Waals surface area contributed by atoms with Gasteiger partial charge in [0.1, 0.15) is 0 Å². The van der Waals surface area contributed by atoms with Crippen LogP contribution in [0.5, 0.6) is 0 Å². The van der Waals surface area contributed by atoms with Crippen molar-refractivity contribution in [3.8, 4) is 0 Å². The van der Waals surface area contributed by atoms with Crippen LogP contribution in [0, 0.1) is 13.8 Å². The first kappa shape index (κ1) is 22.1. The average Bonchev–Trinajstić information content (AvgIpc) is 3.07. The van der Waals surface area contributed by atoms with E-state index in [1.54, 1.807) is 0 Å². The van der Waals surface area contributed by atoms with Crippen molar-refractivity contribution in [2.24, 2.45) is 0 Å². The number of aryl methyl sites for hydroxylation is 1. The van der Waals surface area contributed by atoms with Gasteiger partial charge < -0.3 is 10.2 Å². The molecule has 0 unspecified atom stereocenters. The molecule has 4 rings (SSSR count). The molecular weight excluding hydrogens is 424 g/mol. The van der Waals surface area contributed by atoms with Crippen LogP contribution in [0.15, 0.2) is 48.5 Å². The number of anilines is 1. The quantitative estimate of drug-likeness (QED) is 0.594. The summed E-state index contributed by atoms with van der Waals surface area (Å²) in [7, 11) is 0. The molecule has 1 aliphatic heterocycles. The van der Waals surface area contributed by atoms with Crippen molar-refractivity contribution in [2.45, 2.75) is 46.2 Å². The number of piperidine rings is 1. The lowest BCUT2D eigenvalue weighted by Crippen LogP contribution is -2.35. The van der Waals surface area contributed by atoms with Crippen LogP contribution in [0.2, 0.25) is 5.02 Å². The number of hydrogen-bond acceptors (Lipinski definition) is 3. The van der Waals surface area contributed by atoms with Crippen molar-refractivity contribution < 1.29 is 9.59 Å². The number of amides is 2. The summed E-state index contributed by atoms with van der Waals surface area (Å²) >= 11 is 6.29. The van der Waals surface area contributed by atoms with Gasteiger partial charge >= 0.3 is 0 Å². The molecule has 1 saturated heterocycles. The van der Waals surface area contributed by atoms with E-state index in [9.17, 15) is 9.59 Å². The molecule has 0 aliphatic carbocycles. The molecule has 2 amide bonds. The fourth-order valence-electron chi connectivity index (χ4n) is 4.15. The summed E-state index contributed by atoms with van der Waals surface area (Å²) in [5, 5.41) is 8.24. The minimum atomic E-state index is -0.162. The molecule has 2 aromatic carbocycles. The molecule has 1 aliphatic rings. The Bertz CT molecular complexity index is 1150. The predicted octanol–water partition coefficient (Wildman–Crippen LogP) is 4.65. The van der Waals surface area contributed by atoms with Crippen LogP contribution >= 0.6 is 11.6 Å². The van der Waals surface area contributed by atoms with E-state index in [1.165, 1.54) is 0 Å². The Hall–Kier alpha value is -3.12. The van der Waals surface area contributed by atoms with Gasteiger partial charge in [0.2, 0.25) is 5.91 Å². The Balaban J connectivity index is 1.46. The van der Waals surface area contributed by atoms with Gasteiger partial charge in [-0.1, -0.05) is 41.9 Å². The number of carbonyl (C=O) groups excluding carboxylic acids is 2. The monoisotopic (exact) mass is 450 g/mol. The highest BCUT2D eigenvalue weighted by Crippen LogP contribution is 2.23. The Morgan fingerprint density at radius 1 is 1.12 bits per heavy atom. The van der Waals surface area contributed by atoms with Crippen molar-refractivity contribution in [1.29, 1.82) is 0 Å². The molecular formula is C25H27ClN4O2. The van der Waals surface area contributed by atoms with E-state index in [0.717, 1.165) is 41.9 Å². The van der Waals surface area contributed by atoms with Gasteiger partial charge in [0.05, 0.1) is 17.8 Å². The smallest absolute Gasteiger partial charge is 0.255 e. The van der Waals surface area contributed by atoms with E-state index < -0.39 is 0 Å². The van der Waals surface area contributed by atoms with E-state index in [1.807, 2.05) is 72.0 Å². The van der Waals surface area contributed by atoms with E-state index in [0.29, 0.717) is 35.8 Å². The maximum Gasteiger partial charge on any atom is 0.255 e. The second kappa shape index (κ2) is 9.57. The number of hydrogen-bond donors (Lipinski definition) is 1. The van der Waals surface area contributed by atoms with Gasteiger partial charge in [0.25, 0.3) is 5.91 Å². The van der Waals surface area contributed by atoms with E-state index in [-0.39, 0.29) is 11.8 Å². The normalized spacial score (nSPS) is 14.0. The van der Waals surface area contributed by atoms with Gasteiger partial charge in [-0.2, -0.15) is 5.10 Å². The van der Waals surface area contributed by atoms with Crippen molar-refractivity contribution >= 4 is 29.1 Å². The summed E-state index contributed by atoms with van der Waals surface area (Å²) in [6.07, 6.45) is 2.56. The first-order valence-electron chi connectivity index (χ1n) is 10.9. The molecule has 2 heterocycles. The lowest BCUT2D eigenvalue weighted by Gasteiger charge is -2.27. The third-order valence-corrected chi connectivity index (χ3v) is 6.25. The highest BCUT2D eigenvalue weighted by atomic mass is 35.5. The van der Waals surface area contributed by atoms with Gasteiger partial charge in [-0.25, -0.2) is 0 Å². The molecule has 0 saturated carbocycles. The second-order valence-electron chi connectivity index (χ2n) is 8.15. The summed E-state index contributed by atoms with van der Waals surface area (Å²) in [6, 6.07) is 15.4. The highest BCUT2D eigenvalue weighted by Gasteiger charge is 2.21. The van der Waals surface area contributed by atoms with Gasteiger partial charge in [0.15, 0.2) is 0 Å². The fourth-order valence-corrected chi connectivity index (χ4v) is 4.35. The van der Waals surface area contributed by atoms with Crippen molar-refractivity contribution in [3.05, 3.63) is 81.6 Å². The number of halogens is 1. The number of nitrogens with one attached hydrogen (secondary N) is 1. The molecule has 1 N–H and O–H groups in total. The van der Waals surface area contributed by atoms with Crippen LogP contribution in [0.4, 0.5) is 5.69 Å². The van der Waals surface area contributed by atoms with E-state index in [4.69, 9.17) is 11.6 Å². The third-order valence-electron chi connectivity index (χ3n) is 5.89. The number of carbonyl (C=O) groups is 2. The SMILES string of the molecule is Cc1nn(Cc2ccccc2Cl)c(C)c1C(=O)NCc1cccc(N2CCCCC2=O)c1. The summed E-state index contributed by atoms with van der Waals surface area (Å²) in [4.78, 5) is 27.0. The van der Waals surface area contributed by atoms with Gasteiger partial charge in [-0.05, 0) is 56.0 Å². The largest absolute Gasteiger partial charge is 0.348 e. The van der Waals surface area contributed by atoms with Crippen LogP contribution in [0.1, 0.15) is 52.1 Å². The van der Waals surface area contributed by atoms with E-state index in [2.05, 4.69) is 10.4 Å². The lowest BCUT2D eigenvalue weighted by molar-refractivity contribution is -0.119. The average molecular weight is 451 g/mol. The van der Waals surface area contributed by atoms with Crippen LogP contribution in [-0.2, 0) is 17.9 Å². The maximum absolute atomic E-state index is 13.0. The highest BCUT2D eigenvalue weighted by molar-refractivity contribution is 6.31. The summed E-state index contributed by atoms with van der Waals surface area (Å²) in [6.45, 7) is 5.37. The minimum absolute atomic E-state index is 0.162. The Morgan fingerprint density at radius 2 is 1.94 bits per heavy atom. The van der Waals surface area contributed by atoms with Crippen molar-refractivity contribution in [3.63, 3.8) is 0 Å². The zero-order valence-corrected chi connectivity index (χ0v) is 19.2. The molecule has 3 aromatic rings. The van der Waals surface area contributed by atoms with Gasteiger partial charge in [-0.3, -0.25) is 14.3 Å². The number of aromatic nitrogens is 2. The summed E-state index contributed by atoms with van der Waals surface area (Å²) in [5.41, 5.74) is 4.86. The molecule has 0 bridgehead atoms. The van der Waals surface area contributed by atoms with Gasteiger partial charge in [-0.15, -0.1) is 0 Å². The first-order chi connectivity index (χ1) is 15.4. The lowest BCUT2D eigenvalue weighted by atomic mass is 10.1. The van der Waals surface area contributed by atoms with Crippen LogP contribution in [-0.4, -0.2) is 28.1 Å². The molecule has 166 valence electrons. The standard InChI is InChI=1S/C25H27ClN4O2/c1-17-24(18(2)30(28-17)16-20-9-3-4-11-22(20)26)25(32)27-15-19-8-7-10-21(14-19)29-13-6-5-12-23(29)31/h3-4,7-11,14H,5-6,12-13,15-16H2,1-2H3,(H,27,32). The van der Waals surface area contributed by atoms with E-state index >= 15 is 0 Å². The van der Waals surface area contributed by atoms with Crippen molar-refractivity contribution in [1.82, 2.24) is 15.1 Å². The zero-order valence-electron chi connectivity index (χ0n) is 18.4. The minimum Gasteiger partial charge on any atom is -0.348 e. The molecule has 0 radical (unpaired) electrons. The maximum atomic E-state index is 13.0. The second-order valence-corrected chi connectivity index (χ2v) is 8.56. The molecule has 7 heteroatoms. The molecule has 0 atom stereocenters. The fraction of sp³-hybridized carbons (Fsp3) is 0.320. The molecule has 0 spiro atoms. The van der Waals surface area contributed by atoms with Crippen LogP contribution in [0.25, 0.3) is 0 Å². The summed E-state index contributed by atoms with van der Waals surface area (Å²) in [5.74, 6) is -0.000482. The zero-order chi connectivity index (χ0) is 22.7. The molecule has 1 fully saturated rings. The number of benzene rings is 2. The Morgan fingerprint density at radius 3 is 2.72 bits per heavy atom. The molecule has 32 heavy (non-hydrogen) atoms. The van der Waals surface area contributed by atoms with Crippen LogP contribution < -0.4 is 10.2 Å². The number of rotatable bonds is 6. The van der Waals surface area contributed by atoms with Gasteiger partial charge in [0, 0.05) is 35.9 Å². The first-order valence-corrected chi connectivity index (χ1v) is 11.3. The Labute approximate surface area is 193 Å². The predicted molar refractivity (Wildman–Crippen MR) is 126 cm³/mol. The molecule has 1 aromatic heterocycles. The number of nitrogens with zero attached hydrogens (tertiary/aromatic N) is 3. The Kier molecular flexibility index (Phi) is 6.61. The molecule has 6 nitrogen and oxygen atoms in total.